The minimum Gasteiger partial charge on any atom is -0.462 e. The van der Waals surface area contributed by atoms with Crippen LogP contribution in [-0.4, -0.2) is 40.5 Å². The molecule has 6 heteroatoms. The van der Waals surface area contributed by atoms with Gasteiger partial charge in [0.1, 0.15) is 0 Å². The molecule has 0 N–H and O–H groups in total. The summed E-state index contributed by atoms with van der Waals surface area (Å²) in [7, 11) is -3.26. The Morgan fingerprint density at radius 3 is 2.39 bits per heavy atom. The van der Waals surface area contributed by atoms with E-state index >= 15 is 0 Å². The average Bonchev–Trinajstić information content (AvgIpc) is 2.53. The van der Waals surface area contributed by atoms with Crippen LogP contribution in [0, 0.1) is 5.92 Å². The predicted molar refractivity (Wildman–Crippen MR) is 87.7 cm³/mol. The van der Waals surface area contributed by atoms with E-state index in [2.05, 4.69) is 0 Å². The second-order valence-electron chi connectivity index (χ2n) is 5.55. The molecule has 1 saturated heterocycles. The molecule has 1 aromatic carbocycles. The molecular weight excluding hydrogens is 316 g/mol. The summed E-state index contributed by atoms with van der Waals surface area (Å²) in [6, 6.07) is 6.33. The average molecular weight is 338 g/mol. The molecule has 0 radical (unpaired) electrons. The van der Waals surface area contributed by atoms with Gasteiger partial charge in [0.15, 0.2) is 9.84 Å². The van der Waals surface area contributed by atoms with Gasteiger partial charge in [0.2, 0.25) is 0 Å². The van der Waals surface area contributed by atoms with Crippen molar-refractivity contribution in [2.45, 2.75) is 24.7 Å². The van der Waals surface area contributed by atoms with E-state index in [-0.39, 0.29) is 16.8 Å². The first-order chi connectivity index (χ1) is 10.9. The molecule has 126 valence electrons. The third-order valence-corrected chi connectivity index (χ3v) is 4.89. The zero-order valence-electron chi connectivity index (χ0n) is 13.4. The molecule has 5 nitrogen and oxygen atoms in total. The molecule has 1 fully saturated rings. The first kappa shape index (κ1) is 17.7. The van der Waals surface area contributed by atoms with Gasteiger partial charge in [0.05, 0.1) is 17.1 Å². The highest BCUT2D eigenvalue weighted by molar-refractivity contribution is 7.90. The van der Waals surface area contributed by atoms with Crippen molar-refractivity contribution in [3.63, 3.8) is 0 Å². The summed E-state index contributed by atoms with van der Waals surface area (Å²) in [4.78, 5) is 12.5. The van der Waals surface area contributed by atoms with Crippen LogP contribution in [0.15, 0.2) is 35.2 Å². The lowest BCUT2D eigenvalue weighted by Crippen LogP contribution is -2.16. The molecule has 0 bridgehead atoms. The zero-order valence-corrected chi connectivity index (χ0v) is 14.3. The molecule has 0 spiro atoms. The Balaban J connectivity index is 2.32. The molecule has 0 atom stereocenters. The molecule has 0 aromatic heterocycles. The number of carbonyl (C=O) groups is 1. The fraction of sp³-hybridized carbons (Fsp3) is 0.471. The van der Waals surface area contributed by atoms with Crippen molar-refractivity contribution in [1.29, 1.82) is 0 Å². The third kappa shape index (κ3) is 4.91. The van der Waals surface area contributed by atoms with Crippen LogP contribution in [0.5, 0.6) is 0 Å². The van der Waals surface area contributed by atoms with Crippen LogP contribution in [0.3, 0.4) is 0 Å². The monoisotopic (exact) mass is 338 g/mol. The topological polar surface area (TPSA) is 69.7 Å². The summed E-state index contributed by atoms with van der Waals surface area (Å²) in [6.07, 6.45) is 4.82. The molecule has 0 amide bonds. The lowest BCUT2D eigenvalue weighted by molar-refractivity contribution is -0.136. The van der Waals surface area contributed by atoms with Gasteiger partial charge in [-0.05, 0) is 43.4 Å². The van der Waals surface area contributed by atoms with Crippen molar-refractivity contribution in [2.75, 3.05) is 26.1 Å². The van der Waals surface area contributed by atoms with Crippen molar-refractivity contribution in [3.05, 3.63) is 35.9 Å². The van der Waals surface area contributed by atoms with Crippen LogP contribution in [0.25, 0.3) is 5.57 Å². The number of rotatable bonds is 5. The fourth-order valence-electron chi connectivity index (χ4n) is 2.49. The van der Waals surface area contributed by atoms with E-state index in [9.17, 15) is 13.2 Å². The van der Waals surface area contributed by atoms with Crippen molar-refractivity contribution >= 4 is 21.4 Å². The van der Waals surface area contributed by atoms with Crippen LogP contribution in [-0.2, 0) is 24.1 Å². The summed E-state index contributed by atoms with van der Waals surface area (Å²) in [5, 5.41) is 0. The maximum Gasteiger partial charge on any atom is 0.338 e. The summed E-state index contributed by atoms with van der Waals surface area (Å²) in [6.45, 7) is 3.43. The number of hydrogen-bond donors (Lipinski definition) is 0. The standard InChI is InChI=1S/C17H22O5S/c1-3-22-17(18)16(12-13-8-10-21-11-9-13)14-4-6-15(7-5-14)23(2,19)20/h4-7,12-13H,3,8-11H2,1-2H3. The lowest BCUT2D eigenvalue weighted by Gasteiger charge is -2.20. The van der Waals surface area contributed by atoms with Crippen LogP contribution in [0.4, 0.5) is 0 Å². The maximum atomic E-state index is 12.3. The molecule has 1 heterocycles. The van der Waals surface area contributed by atoms with Crippen LogP contribution in [0.2, 0.25) is 0 Å². The fourth-order valence-corrected chi connectivity index (χ4v) is 3.12. The van der Waals surface area contributed by atoms with E-state index in [1.807, 2.05) is 6.08 Å². The second kappa shape index (κ2) is 7.75. The van der Waals surface area contributed by atoms with E-state index in [4.69, 9.17) is 9.47 Å². The van der Waals surface area contributed by atoms with E-state index in [0.717, 1.165) is 19.1 Å². The van der Waals surface area contributed by atoms with Crippen molar-refractivity contribution in [1.82, 2.24) is 0 Å². The second-order valence-corrected chi connectivity index (χ2v) is 7.56. The van der Waals surface area contributed by atoms with Gasteiger partial charge in [-0.3, -0.25) is 0 Å². The Labute approximate surface area is 137 Å². The molecule has 1 aromatic rings. The van der Waals surface area contributed by atoms with Crippen molar-refractivity contribution in [3.8, 4) is 0 Å². The molecule has 23 heavy (non-hydrogen) atoms. The molecule has 0 saturated carbocycles. The van der Waals surface area contributed by atoms with Gasteiger partial charge in [-0.15, -0.1) is 0 Å². The van der Waals surface area contributed by atoms with E-state index in [1.54, 1.807) is 19.1 Å². The number of carbonyl (C=O) groups excluding carboxylic acids is 1. The van der Waals surface area contributed by atoms with Gasteiger partial charge in [0.25, 0.3) is 0 Å². The van der Waals surface area contributed by atoms with Crippen molar-refractivity contribution in [2.24, 2.45) is 5.92 Å². The Morgan fingerprint density at radius 2 is 1.87 bits per heavy atom. The predicted octanol–water partition coefficient (Wildman–Crippen LogP) is 2.46. The van der Waals surface area contributed by atoms with Crippen LogP contribution < -0.4 is 0 Å². The van der Waals surface area contributed by atoms with Gasteiger partial charge in [-0.1, -0.05) is 18.2 Å². The van der Waals surface area contributed by atoms with E-state index < -0.39 is 9.84 Å². The molecule has 2 rings (SSSR count). The third-order valence-electron chi connectivity index (χ3n) is 3.76. The number of ether oxygens (including phenoxy) is 2. The highest BCUT2D eigenvalue weighted by Gasteiger charge is 2.19. The lowest BCUT2D eigenvalue weighted by atomic mass is 9.94. The van der Waals surface area contributed by atoms with Gasteiger partial charge in [0, 0.05) is 19.5 Å². The summed E-state index contributed by atoms with van der Waals surface area (Å²) >= 11 is 0. The number of allylic oxidation sites excluding steroid dienone is 1. The normalized spacial score (nSPS) is 17.0. The molecule has 1 aliphatic rings. The van der Waals surface area contributed by atoms with Crippen LogP contribution in [0.1, 0.15) is 25.3 Å². The number of sulfone groups is 1. The molecule has 1 aliphatic heterocycles. The van der Waals surface area contributed by atoms with Gasteiger partial charge in [-0.2, -0.15) is 0 Å². The number of esters is 1. The first-order valence-corrected chi connectivity index (χ1v) is 9.58. The van der Waals surface area contributed by atoms with E-state index in [0.29, 0.717) is 31.0 Å². The van der Waals surface area contributed by atoms with Crippen LogP contribution >= 0.6 is 0 Å². The number of hydrogen-bond acceptors (Lipinski definition) is 5. The molecular formula is C17H22O5S. The Bertz CT molecular complexity index is 667. The largest absolute Gasteiger partial charge is 0.462 e. The Hall–Kier alpha value is -1.66. The van der Waals surface area contributed by atoms with E-state index in [1.165, 1.54) is 12.1 Å². The summed E-state index contributed by atoms with van der Waals surface area (Å²) < 4.78 is 33.6. The zero-order chi connectivity index (χ0) is 16.9. The minimum absolute atomic E-state index is 0.232. The Kier molecular flexibility index (Phi) is 5.96. The van der Waals surface area contributed by atoms with Gasteiger partial charge >= 0.3 is 5.97 Å². The summed E-state index contributed by atoms with van der Waals surface area (Å²) in [5.74, 6) is -0.121. The minimum atomic E-state index is -3.26. The highest BCUT2D eigenvalue weighted by Crippen LogP contribution is 2.25. The smallest absolute Gasteiger partial charge is 0.338 e. The van der Waals surface area contributed by atoms with Gasteiger partial charge in [-0.25, -0.2) is 13.2 Å². The van der Waals surface area contributed by atoms with Crippen molar-refractivity contribution < 1.29 is 22.7 Å². The molecule has 0 unspecified atom stereocenters. The maximum absolute atomic E-state index is 12.3. The quantitative estimate of drug-likeness (QED) is 0.609. The SMILES string of the molecule is CCOC(=O)C(=CC1CCOCC1)c1ccc(S(C)(=O)=O)cc1. The highest BCUT2D eigenvalue weighted by atomic mass is 32.2. The number of benzene rings is 1. The molecule has 0 aliphatic carbocycles. The summed E-state index contributed by atoms with van der Waals surface area (Å²) in [5.41, 5.74) is 1.15. The first-order valence-electron chi connectivity index (χ1n) is 7.69. The Morgan fingerprint density at radius 1 is 1.26 bits per heavy atom. The van der Waals surface area contributed by atoms with Gasteiger partial charge < -0.3 is 9.47 Å².